The van der Waals surface area contributed by atoms with E-state index in [0.717, 1.165) is 0 Å². The van der Waals surface area contributed by atoms with E-state index in [2.05, 4.69) is 10.3 Å². The first-order chi connectivity index (χ1) is 4.63. The summed E-state index contributed by atoms with van der Waals surface area (Å²) >= 11 is 0. The van der Waals surface area contributed by atoms with Gasteiger partial charge in [-0.05, 0) is 0 Å². The average Bonchev–Trinajstić information content (AvgIpc) is 1.90. The van der Waals surface area contributed by atoms with Crippen LogP contribution in [0.3, 0.4) is 0 Å². The highest BCUT2D eigenvalue weighted by molar-refractivity contribution is 5.95. The Morgan fingerprint density at radius 2 is 2.10 bits per heavy atom. The van der Waals surface area contributed by atoms with Gasteiger partial charge in [0.25, 0.3) is 0 Å². The minimum absolute atomic E-state index is 0.0325. The maximum atomic E-state index is 10.7. The third kappa shape index (κ3) is 2.05. The number of nitrogens with zero attached hydrogens (tertiary/aromatic N) is 2. The molecule has 0 rings (SSSR count). The van der Waals surface area contributed by atoms with Crippen LogP contribution in [-0.2, 0) is 4.79 Å². The molecule has 0 fully saturated rings. The SMILES string of the molecule is CN=C(NC)N(C)C(C)=O. The Bertz CT molecular complexity index is 153. The number of guanidine groups is 1. The third-order valence-electron chi connectivity index (χ3n) is 1.23. The van der Waals surface area contributed by atoms with Gasteiger partial charge < -0.3 is 5.32 Å². The molecule has 0 aliphatic carbocycles. The summed E-state index contributed by atoms with van der Waals surface area (Å²) in [7, 11) is 5.02. The van der Waals surface area contributed by atoms with Gasteiger partial charge in [0.1, 0.15) is 0 Å². The summed E-state index contributed by atoms with van der Waals surface area (Å²) in [6.07, 6.45) is 0. The maximum Gasteiger partial charge on any atom is 0.225 e. The van der Waals surface area contributed by atoms with Crippen molar-refractivity contribution in [2.24, 2.45) is 4.99 Å². The highest BCUT2D eigenvalue weighted by atomic mass is 16.2. The summed E-state index contributed by atoms with van der Waals surface area (Å²) in [5.74, 6) is 0.544. The molecule has 0 aromatic carbocycles. The van der Waals surface area contributed by atoms with Gasteiger partial charge in [0, 0.05) is 28.1 Å². The summed E-state index contributed by atoms with van der Waals surface area (Å²) in [4.78, 5) is 16.0. The predicted octanol–water partition coefficient (Wildman–Crippen LogP) is -0.330. The van der Waals surface area contributed by atoms with E-state index in [1.165, 1.54) is 11.8 Å². The smallest absolute Gasteiger partial charge is 0.225 e. The Kier molecular flexibility index (Phi) is 3.46. The predicted molar refractivity (Wildman–Crippen MR) is 40.9 cm³/mol. The Labute approximate surface area is 60.9 Å². The van der Waals surface area contributed by atoms with Crippen molar-refractivity contribution in [3.05, 3.63) is 0 Å². The van der Waals surface area contributed by atoms with E-state index in [0.29, 0.717) is 5.96 Å². The van der Waals surface area contributed by atoms with Crippen molar-refractivity contribution in [1.82, 2.24) is 10.2 Å². The molecular formula is C6H13N3O. The zero-order valence-electron chi connectivity index (χ0n) is 6.80. The second kappa shape index (κ2) is 3.87. The molecule has 0 unspecified atom stereocenters. The van der Waals surface area contributed by atoms with Crippen LogP contribution in [0.25, 0.3) is 0 Å². The molecule has 0 saturated carbocycles. The monoisotopic (exact) mass is 143 g/mol. The second-order valence-electron chi connectivity index (χ2n) is 1.88. The Hall–Kier alpha value is -1.06. The fraction of sp³-hybridized carbons (Fsp3) is 0.667. The van der Waals surface area contributed by atoms with Crippen molar-refractivity contribution in [3.8, 4) is 0 Å². The van der Waals surface area contributed by atoms with Crippen LogP contribution in [0.2, 0.25) is 0 Å². The molecule has 0 aromatic heterocycles. The normalized spacial score (nSPS) is 11.0. The molecule has 0 aromatic rings. The largest absolute Gasteiger partial charge is 0.359 e. The van der Waals surface area contributed by atoms with Crippen LogP contribution in [0, 0.1) is 0 Å². The summed E-state index contributed by atoms with van der Waals surface area (Å²) in [5, 5.41) is 2.79. The van der Waals surface area contributed by atoms with Crippen LogP contribution in [0.5, 0.6) is 0 Å². The molecule has 10 heavy (non-hydrogen) atoms. The van der Waals surface area contributed by atoms with Crippen LogP contribution < -0.4 is 5.32 Å². The summed E-state index contributed by atoms with van der Waals surface area (Å²) in [6, 6.07) is 0. The third-order valence-corrected chi connectivity index (χ3v) is 1.23. The molecule has 0 heterocycles. The lowest BCUT2D eigenvalue weighted by Crippen LogP contribution is -2.39. The quantitative estimate of drug-likeness (QED) is 0.373. The molecule has 4 heteroatoms. The van der Waals surface area contributed by atoms with E-state index in [4.69, 9.17) is 0 Å². The van der Waals surface area contributed by atoms with Crippen molar-refractivity contribution in [1.29, 1.82) is 0 Å². The van der Waals surface area contributed by atoms with Gasteiger partial charge in [-0.15, -0.1) is 0 Å². The van der Waals surface area contributed by atoms with E-state index in [-0.39, 0.29) is 5.91 Å². The molecule has 0 saturated heterocycles. The second-order valence-corrected chi connectivity index (χ2v) is 1.88. The minimum atomic E-state index is -0.0325. The number of rotatable bonds is 0. The summed E-state index contributed by atoms with van der Waals surface area (Å²) in [5.41, 5.74) is 0. The first kappa shape index (κ1) is 8.94. The van der Waals surface area contributed by atoms with Gasteiger partial charge in [-0.1, -0.05) is 0 Å². The lowest BCUT2D eigenvalue weighted by Gasteiger charge is -2.15. The zero-order chi connectivity index (χ0) is 8.15. The highest BCUT2D eigenvalue weighted by Gasteiger charge is 2.05. The topological polar surface area (TPSA) is 44.7 Å². The average molecular weight is 143 g/mol. The number of nitrogens with one attached hydrogen (secondary N) is 1. The van der Waals surface area contributed by atoms with E-state index in [1.54, 1.807) is 21.1 Å². The van der Waals surface area contributed by atoms with Crippen molar-refractivity contribution in [3.63, 3.8) is 0 Å². The van der Waals surface area contributed by atoms with Gasteiger partial charge in [-0.25, -0.2) is 0 Å². The number of amides is 1. The number of aliphatic imine (C=N–C) groups is 1. The number of carbonyl (C=O) groups is 1. The van der Waals surface area contributed by atoms with E-state index in [1.807, 2.05) is 0 Å². The molecule has 0 radical (unpaired) electrons. The van der Waals surface area contributed by atoms with Gasteiger partial charge in [0.15, 0.2) is 5.96 Å². The summed E-state index contributed by atoms with van der Waals surface area (Å²) < 4.78 is 0. The molecule has 58 valence electrons. The fourth-order valence-electron chi connectivity index (χ4n) is 0.579. The standard InChI is InChI=1S/C6H13N3O/c1-5(10)9(4)6(7-2)8-3/h1-4H3,(H,7,8). The van der Waals surface area contributed by atoms with E-state index in [9.17, 15) is 4.79 Å². The van der Waals surface area contributed by atoms with Crippen molar-refractivity contribution < 1.29 is 4.79 Å². The van der Waals surface area contributed by atoms with Crippen molar-refractivity contribution in [2.75, 3.05) is 21.1 Å². The Morgan fingerprint density at radius 3 is 2.20 bits per heavy atom. The number of hydrogen-bond donors (Lipinski definition) is 1. The maximum absolute atomic E-state index is 10.7. The lowest BCUT2D eigenvalue weighted by atomic mass is 10.6. The fourth-order valence-corrected chi connectivity index (χ4v) is 0.579. The minimum Gasteiger partial charge on any atom is -0.359 e. The molecule has 0 bridgehead atoms. The van der Waals surface area contributed by atoms with Crippen molar-refractivity contribution in [2.45, 2.75) is 6.92 Å². The molecule has 0 spiro atoms. The van der Waals surface area contributed by atoms with Crippen LogP contribution in [0.1, 0.15) is 6.92 Å². The number of hydrogen-bond acceptors (Lipinski definition) is 2. The highest BCUT2D eigenvalue weighted by Crippen LogP contribution is 1.83. The van der Waals surface area contributed by atoms with Crippen LogP contribution in [0.4, 0.5) is 0 Å². The Morgan fingerprint density at radius 1 is 1.60 bits per heavy atom. The van der Waals surface area contributed by atoms with Gasteiger partial charge >= 0.3 is 0 Å². The van der Waals surface area contributed by atoms with E-state index >= 15 is 0 Å². The molecule has 1 amide bonds. The molecular weight excluding hydrogens is 130 g/mol. The molecule has 1 N–H and O–H groups in total. The van der Waals surface area contributed by atoms with Crippen LogP contribution in [0.15, 0.2) is 4.99 Å². The molecule has 0 aliphatic heterocycles. The molecule has 4 nitrogen and oxygen atoms in total. The lowest BCUT2D eigenvalue weighted by molar-refractivity contribution is -0.124. The molecule has 0 aliphatic rings. The number of carbonyl (C=O) groups excluding carboxylic acids is 1. The molecule has 0 atom stereocenters. The first-order valence-electron chi connectivity index (χ1n) is 3.02. The van der Waals surface area contributed by atoms with Gasteiger partial charge in [-0.2, -0.15) is 0 Å². The Balaban J connectivity index is 4.17. The first-order valence-corrected chi connectivity index (χ1v) is 3.02. The van der Waals surface area contributed by atoms with Crippen LogP contribution >= 0.6 is 0 Å². The van der Waals surface area contributed by atoms with E-state index < -0.39 is 0 Å². The van der Waals surface area contributed by atoms with Gasteiger partial charge in [0.05, 0.1) is 0 Å². The van der Waals surface area contributed by atoms with Crippen LogP contribution in [-0.4, -0.2) is 37.9 Å². The van der Waals surface area contributed by atoms with Gasteiger partial charge in [0.2, 0.25) is 5.91 Å². The van der Waals surface area contributed by atoms with Crippen molar-refractivity contribution >= 4 is 11.9 Å². The summed E-state index contributed by atoms with van der Waals surface area (Å²) in [6.45, 7) is 1.49. The van der Waals surface area contributed by atoms with Gasteiger partial charge in [-0.3, -0.25) is 14.7 Å². The zero-order valence-corrected chi connectivity index (χ0v) is 6.80.